The molecular formula is C22H13NO4. The molecular weight excluding hydrogens is 342 g/mol. The van der Waals surface area contributed by atoms with Crippen LogP contribution in [0.15, 0.2) is 79.1 Å². The Labute approximate surface area is 152 Å². The van der Waals surface area contributed by atoms with Gasteiger partial charge < -0.3 is 8.83 Å². The van der Waals surface area contributed by atoms with Crippen molar-refractivity contribution in [2.75, 3.05) is 0 Å². The van der Waals surface area contributed by atoms with Gasteiger partial charge in [-0.1, -0.05) is 36.4 Å². The summed E-state index contributed by atoms with van der Waals surface area (Å²) in [6.07, 6.45) is 0. The van der Waals surface area contributed by atoms with Gasteiger partial charge in [0, 0.05) is 16.2 Å². The molecule has 3 aromatic heterocycles. The minimum absolute atomic E-state index is 0.357. The van der Waals surface area contributed by atoms with Gasteiger partial charge in [0.15, 0.2) is 0 Å². The second-order valence-corrected chi connectivity index (χ2v) is 6.39. The summed E-state index contributed by atoms with van der Waals surface area (Å²) in [7, 11) is 0. The number of aromatic nitrogens is 1. The molecule has 0 aliphatic carbocycles. The van der Waals surface area contributed by atoms with Gasteiger partial charge in [0.2, 0.25) is 0 Å². The van der Waals surface area contributed by atoms with Crippen molar-refractivity contribution < 1.29 is 8.83 Å². The quantitative estimate of drug-likeness (QED) is 0.329. The lowest BCUT2D eigenvalue weighted by molar-refractivity contribution is 0.563. The van der Waals surface area contributed by atoms with E-state index in [0.717, 1.165) is 10.8 Å². The minimum Gasteiger partial charge on any atom is -0.422 e. The zero-order valence-corrected chi connectivity index (χ0v) is 14.4. The fourth-order valence-corrected chi connectivity index (χ4v) is 3.45. The molecule has 0 fully saturated rings. The molecule has 0 spiro atoms. The first-order chi connectivity index (χ1) is 13.1. The van der Waals surface area contributed by atoms with E-state index in [0.29, 0.717) is 38.9 Å². The van der Waals surface area contributed by atoms with E-state index in [1.807, 2.05) is 36.4 Å². The predicted octanol–water partition coefficient (Wildman–Crippen LogP) is 4.42. The molecule has 5 aromatic rings. The molecule has 5 nitrogen and oxygen atoms in total. The molecule has 0 bridgehead atoms. The van der Waals surface area contributed by atoms with Crippen LogP contribution in [0.25, 0.3) is 44.0 Å². The predicted molar refractivity (Wildman–Crippen MR) is 104 cm³/mol. The number of hydrogen-bond donors (Lipinski definition) is 0. The average molecular weight is 355 g/mol. The summed E-state index contributed by atoms with van der Waals surface area (Å²) >= 11 is 0. The first-order valence-electron chi connectivity index (χ1n) is 8.48. The Hall–Kier alpha value is -3.73. The second kappa shape index (κ2) is 5.64. The number of nitrogens with zero attached hydrogens (tertiary/aromatic N) is 1. The summed E-state index contributed by atoms with van der Waals surface area (Å²) in [5.41, 5.74) is 1.45. The molecule has 0 amide bonds. The van der Waals surface area contributed by atoms with Crippen LogP contribution in [-0.4, -0.2) is 4.98 Å². The van der Waals surface area contributed by atoms with Crippen LogP contribution < -0.4 is 11.3 Å². The highest BCUT2D eigenvalue weighted by Gasteiger charge is 2.15. The number of aryl methyl sites for hydroxylation is 1. The lowest BCUT2D eigenvalue weighted by atomic mass is 10.0. The first-order valence-corrected chi connectivity index (χ1v) is 8.48. The lowest BCUT2D eigenvalue weighted by Crippen LogP contribution is -2.07. The second-order valence-electron chi connectivity index (χ2n) is 6.39. The van der Waals surface area contributed by atoms with E-state index < -0.39 is 11.3 Å². The third-order valence-corrected chi connectivity index (χ3v) is 4.70. The van der Waals surface area contributed by atoms with E-state index in [9.17, 15) is 9.59 Å². The van der Waals surface area contributed by atoms with Crippen LogP contribution in [0.5, 0.6) is 0 Å². The van der Waals surface area contributed by atoms with E-state index in [-0.39, 0.29) is 0 Å². The molecule has 0 atom stereocenters. The van der Waals surface area contributed by atoms with Crippen molar-refractivity contribution in [2.24, 2.45) is 0 Å². The lowest BCUT2D eigenvalue weighted by Gasteiger charge is -2.08. The monoisotopic (exact) mass is 355 g/mol. The van der Waals surface area contributed by atoms with Crippen molar-refractivity contribution in [3.8, 4) is 11.3 Å². The fourth-order valence-electron chi connectivity index (χ4n) is 3.45. The van der Waals surface area contributed by atoms with Crippen molar-refractivity contribution in [2.45, 2.75) is 6.92 Å². The Morgan fingerprint density at radius 3 is 2.33 bits per heavy atom. The molecule has 5 heteroatoms. The van der Waals surface area contributed by atoms with Crippen LogP contribution >= 0.6 is 0 Å². The van der Waals surface area contributed by atoms with Crippen LogP contribution in [-0.2, 0) is 0 Å². The zero-order valence-electron chi connectivity index (χ0n) is 14.4. The molecule has 0 radical (unpaired) electrons. The van der Waals surface area contributed by atoms with Gasteiger partial charge in [0.25, 0.3) is 0 Å². The first kappa shape index (κ1) is 15.5. The van der Waals surface area contributed by atoms with E-state index in [1.54, 1.807) is 31.2 Å². The largest absolute Gasteiger partial charge is 0.422 e. The summed E-state index contributed by atoms with van der Waals surface area (Å²) in [5, 5.41) is 2.73. The highest BCUT2D eigenvalue weighted by molar-refractivity contribution is 6.06. The van der Waals surface area contributed by atoms with Gasteiger partial charge >= 0.3 is 11.3 Å². The van der Waals surface area contributed by atoms with Gasteiger partial charge in [-0.15, -0.1) is 0 Å². The van der Waals surface area contributed by atoms with Crippen LogP contribution in [0, 0.1) is 6.92 Å². The van der Waals surface area contributed by atoms with Crippen LogP contribution in [0.2, 0.25) is 0 Å². The maximum absolute atomic E-state index is 12.5. The molecule has 5 rings (SSSR count). The Morgan fingerprint density at radius 1 is 0.778 bits per heavy atom. The molecule has 0 saturated carbocycles. The van der Waals surface area contributed by atoms with Gasteiger partial charge in [-0.2, -0.15) is 0 Å². The molecule has 130 valence electrons. The third kappa shape index (κ3) is 2.36. The van der Waals surface area contributed by atoms with Crippen LogP contribution in [0.4, 0.5) is 0 Å². The van der Waals surface area contributed by atoms with E-state index in [2.05, 4.69) is 4.98 Å². The summed E-state index contributed by atoms with van der Waals surface area (Å²) in [6, 6.07) is 18.1. The molecule has 0 N–H and O–H groups in total. The number of pyridine rings is 1. The van der Waals surface area contributed by atoms with E-state index in [1.165, 1.54) is 0 Å². The van der Waals surface area contributed by atoms with Crippen LogP contribution in [0.1, 0.15) is 5.69 Å². The highest BCUT2D eigenvalue weighted by Crippen LogP contribution is 2.28. The zero-order chi connectivity index (χ0) is 18.5. The SMILES string of the molecule is Cc1nc(-c2cc3ccccc3oc2=O)cc2c1c(=O)oc1ccccc12. The van der Waals surface area contributed by atoms with Crippen molar-refractivity contribution in [1.29, 1.82) is 0 Å². The summed E-state index contributed by atoms with van der Waals surface area (Å²) < 4.78 is 10.8. The maximum Gasteiger partial charge on any atom is 0.346 e. The molecule has 0 aliphatic rings. The highest BCUT2D eigenvalue weighted by atomic mass is 16.4. The molecule has 0 unspecified atom stereocenters. The number of para-hydroxylation sites is 2. The number of benzene rings is 2. The van der Waals surface area contributed by atoms with E-state index in [4.69, 9.17) is 8.83 Å². The Kier molecular flexibility index (Phi) is 3.24. The number of hydrogen-bond acceptors (Lipinski definition) is 5. The molecule has 0 saturated heterocycles. The van der Waals surface area contributed by atoms with Crippen molar-refractivity contribution in [3.05, 3.63) is 87.2 Å². The maximum atomic E-state index is 12.5. The fraction of sp³-hybridized carbons (Fsp3) is 0.0455. The number of fused-ring (bicyclic) bond motifs is 4. The smallest absolute Gasteiger partial charge is 0.346 e. The van der Waals surface area contributed by atoms with Crippen molar-refractivity contribution in [1.82, 2.24) is 4.98 Å². The minimum atomic E-state index is -0.466. The van der Waals surface area contributed by atoms with Gasteiger partial charge in [0.1, 0.15) is 11.2 Å². The Balaban J connectivity index is 1.90. The molecule has 3 heterocycles. The van der Waals surface area contributed by atoms with Crippen LogP contribution in [0.3, 0.4) is 0 Å². The summed E-state index contributed by atoms with van der Waals surface area (Å²) in [5.74, 6) is 0. The van der Waals surface area contributed by atoms with E-state index >= 15 is 0 Å². The van der Waals surface area contributed by atoms with Gasteiger partial charge in [-0.3, -0.25) is 4.98 Å². The normalized spacial score (nSPS) is 11.4. The third-order valence-electron chi connectivity index (χ3n) is 4.70. The average Bonchev–Trinajstić information content (AvgIpc) is 2.67. The van der Waals surface area contributed by atoms with Gasteiger partial charge in [0.05, 0.1) is 22.3 Å². The molecule has 27 heavy (non-hydrogen) atoms. The summed E-state index contributed by atoms with van der Waals surface area (Å²) in [6.45, 7) is 1.74. The van der Waals surface area contributed by atoms with Crippen molar-refractivity contribution in [3.63, 3.8) is 0 Å². The number of rotatable bonds is 1. The summed E-state index contributed by atoms with van der Waals surface area (Å²) in [4.78, 5) is 29.4. The molecule has 0 aliphatic heterocycles. The molecule has 2 aromatic carbocycles. The van der Waals surface area contributed by atoms with Crippen molar-refractivity contribution >= 4 is 32.7 Å². The Bertz CT molecular complexity index is 1480. The Morgan fingerprint density at radius 2 is 1.48 bits per heavy atom. The standard InChI is InChI=1S/C22H13NO4/c1-12-20-15(14-7-3-5-9-19(14)27-22(20)25)11-17(23-12)16-10-13-6-2-4-8-18(13)26-21(16)24/h2-11H,1H3. The topological polar surface area (TPSA) is 73.3 Å². The van der Waals surface area contributed by atoms with Gasteiger partial charge in [-0.05, 0) is 31.2 Å². The van der Waals surface area contributed by atoms with Gasteiger partial charge in [-0.25, -0.2) is 9.59 Å².